The Hall–Kier alpha value is 0.170. The first-order valence-electron chi connectivity index (χ1n) is 8.04. The van der Waals surface area contributed by atoms with E-state index in [2.05, 4.69) is 56.1 Å². The highest BCUT2D eigenvalue weighted by molar-refractivity contribution is 4.73. The van der Waals surface area contributed by atoms with Crippen LogP contribution in [0.15, 0.2) is 0 Å². The van der Waals surface area contributed by atoms with Crippen molar-refractivity contribution in [2.45, 2.75) is 34.1 Å². The number of likely N-dealkylation sites (tertiary alicyclic amines) is 1. The van der Waals surface area contributed by atoms with Gasteiger partial charge in [0.05, 0.1) is 55.4 Å². The van der Waals surface area contributed by atoms with E-state index in [4.69, 9.17) is 0 Å². The van der Waals surface area contributed by atoms with Gasteiger partial charge in [0.1, 0.15) is 0 Å². The van der Waals surface area contributed by atoms with Gasteiger partial charge in [-0.25, -0.2) is 0 Å². The van der Waals surface area contributed by atoms with E-state index in [0.717, 1.165) is 16.3 Å². The highest BCUT2D eigenvalue weighted by atomic mass is 35.5. The van der Waals surface area contributed by atoms with Crippen LogP contribution in [0.1, 0.15) is 34.1 Å². The average Bonchev–Trinajstić information content (AvgIpc) is 2.49. The van der Waals surface area contributed by atoms with Gasteiger partial charge >= 0.3 is 0 Å². The van der Waals surface area contributed by atoms with Crippen molar-refractivity contribution >= 4 is 0 Å². The number of hydrogen-bond acceptors (Lipinski definition) is 1. The Kier molecular flexibility index (Phi) is 18.6. The maximum absolute atomic E-state index is 2.36. The summed E-state index contributed by atoms with van der Waals surface area (Å²) in [5.74, 6) is 1.99. The van der Waals surface area contributed by atoms with Crippen molar-refractivity contribution in [2.75, 3.05) is 76.5 Å². The molecule has 1 fully saturated rings. The third-order valence-corrected chi connectivity index (χ3v) is 3.17. The Labute approximate surface area is 149 Å². The molecule has 0 radical (unpaired) electrons. The number of quaternary nitrogens is 2. The van der Waals surface area contributed by atoms with Crippen LogP contribution in [0.3, 0.4) is 0 Å². The second-order valence-corrected chi connectivity index (χ2v) is 8.66. The molecular weight excluding hydrogens is 294 g/mol. The van der Waals surface area contributed by atoms with E-state index >= 15 is 0 Å². The monoisotopic (exact) mass is 340 g/mol. The van der Waals surface area contributed by atoms with Gasteiger partial charge in [-0.05, 0) is 34.0 Å². The Morgan fingerprint density at radius 2 is 1.05 bits per heavy atom. The molecule has 0 spiro atoms. The molecule has 1 aliphatic rings. The van der Waals surface area contributed by atoms with Crippen LogP contribution in [-0.4, -0.2) is 90.4 Å². The molecule has 0 aliphatic carbocycles. The smallest absolute Gasteiger partial charge is 0.0815 e. The van der Waals surface area contributed by atoms with Crippen molar-refractivity contribution in [1.29, 1.82) is 0 Å². The van der Waals surface area contributed by atoms with E-state index in [-0.39, 0.29) is 19.8 Å². The summed E-state index contributed by atoms with van der Waals surface area (Å²) in [5.41, 5.74) is 0. The van der Waals surface area contributed by atoms with Gasteiger partial charge in [-0.15, -0.1) is 0 Å². The zero-order valence-electron chi connectivity index (χ0n) is 16.7. The zero-order chi connectivity index (χ0) is 16.6. The van der Waals surface area contributed by atoms with E-state index in [1.165, 1.54) is 30.4 Å². The van der Waals surface area contributed by atoms with Crippen molar-refractivity contribution in [3.63, 3.8) is 0 Å². The van der Waals surface area contributed by atoms with Crippen LogP contribution >= 0.6 is 0 Å². The largest absolute Gasteiger partial charge is 1.00 e. The molecular formula is C18H47ClN3+. The summed E-state index contributed by atoms with van der Waals surface area (Å²) >= 11 is 0. The van der Waals surface area contributed by atoms with E-state index < -0.39 is 0 Å². The van der Waals surface area contributed by atoms with Crippen LogP contribution in [-0.2, 0) is 0 Å². The minimum absolute atomic E-state index is 0. The number of halogens is 1. The molecule has 0 amide bonds. The summed E-state index contributed by atoms with van der Waals surface area (Å²) in [5, 5.41) is 0. The number of rotatable bonds is 2. The molecule has 3 nitrogen and oxygen atoms in total. The van der Waals surface area contributed by atoms with Crippen molar-refractivity contribution in [3.05, 3.63) is 0 Å². The predicted molar refractivity (Wildman–Crippen MR) is 99.7 cm³/mol. The molecule has 2 unspecified atom stereocenters. The summed E-state index contributed by atoms with van der Waals surface area (Å²) < 4.78 is 2.25. The lowest BCUT2D eigenvalue weighted by atomic mass is 9.92. The zero-order valence-corrected chi connectivity index (χ0v) is 17.5. The first-order valence-corrected chi connectivity index (χ1v) is 8.04. The van der Waals surface area contributed by atoms with Gasteiger partial charge in [-0.3, -0.25) is 0 Å². The molecule has 1 aliphatic heterocycles. The van der Waals surface area contributed by atoms with Gasteiger partial charge < -0.3 is 26.3 Å². The molecule has 140 valence electrons. The fourth-order valence-corrected chi connectivity index (χ4v) is 2.57. The molecule has 22 heavy (non-hydrogen) atoms. The standard InChI is InChI=1S/C10H22N.C4H12N.C3H9N.CH4.ClH/c1-5-9-7-11(3,4)8-10(9)6-2;1-5(2,3)4;1-4(2)3;;/h9-10H,5-8H2,1-4H3;1-4H3;1-3H3;1H4;1H/q2*+1;;;/p-1. The number of hydrogen-bond donors (Lipinski definition) is 0. The fraction of sp³-hybridized carbons (Fsp3) is 1.00. The second-order valence-electron chi connectivity index (χ2n) is 8.66. The van der Waals surface area contributed by atoms with Crippen molar-refractivity contribution in [2.24, 2.45) is 11.8 Å². The molecule has 0 saturated carbocycles. The highest BCUT2D eigenvalue weighted by Gasteiger charge is 2.37. The Bertz CT molecular complexity index is 212. The van der Waals surface area contributed by atoms with E-state index in [1.54, 1.807) is 0 Å². The van der Waals surface area contributed by atoms with E-state index in [0.29, 0.717) is 0 Å². The molecule has 2 atom stereocenters. The third kappa shape index (κ3) is 22.5. The maximum atomic E-state index is 2.36. The molecule has 0 N–H and O–H groups in total. The molecule has 0 aromatic carbocycles. The van der Waals surface area contributed by atoms with E-state index in [9.17, 15) is 0 Å². The summed E-state index contributed by atoms with van der Waals surface area (Å²) in [6, 6.07) is 0. The van der Waals surface area contributed by atoms with Crippen LogP contribution in [0, 0.1) is 11.8 Å². The minimum atomic E-state index is 0. The van der Waals surface area contributed by atoms with Gasteiger partial charge in [0.15, 0.2) is 0 Å². The molecule has 1 saturated heterocycles. The van der Waals surface area contributed by atoms with Crippen molar-refractivity contribution in [1.82, 2.24) is 4.90 Å². The van der Waals surface area contributed by atoms with E-state index in [1.807, 2.05) is 26.0 Å². The SMILES string of the molecule is C.CCC1C[N+](C)(C)CC1CC.CN(C)C.C[N+](C)(C)C.[Cl-]. The summed E-state index contributed by atoms with van der Waals surface area (Å²) in [6.45, 7) is 7.46. The number of nitrogens with zero attached hydrogens (tertiary/aromatic N) is 3. The van der Waals surface area contributed by atoms with Gasteiger partial charge in [0, 0.05) is 11.8 Å². The Morgan fingerprint density at radius 3 is 1.18 bits per heavy atom. The average molecular weight is 341 g/mol. The summed E-state index contributed by atoms with van der Waals surface area (Å²) in [4.78, 5) is 2.00. The molecule has 1 heterocycles. The van der Waals surface area contributed by atoms with Gasteiger partial charge in [-0.1, -0.05) is 21.3 Å². The van der Waals surface area contributed by atoms with Crippen molar-refractivity contribution in [3.8, 4) is 0 Å². The summed E-state index contributed by atoms with van der Waals surface area (Å²) in [7, 11) is 19.2. The second kappa shape index (κ2) is 13.6. The highest BCUT2D eigenvalue weighted by Crippen LogP contribution is 2.30. The van der Waals surface area contributed by atoms with Crippen LogP contribution in [0.2, 0.25) is 0 Å². The fourth-order valence-electron chi connectivity index (χ4n) is 2.57. The first kappa shape index (κ1) is 30.1. The predicted octanol–water partition coefficient (Wildman–Crippen LogP) is 0.269. The normalized spacial score (nSPS) is 22.4. The van der Waals surface area contributed by atoms with Crippen LogP contribution < -0.4 is 12.4 Å². The lowest BCUT2D eigenvalue weighted by molar-refractivity contribution is -0.880. The molecule has 0 aromatic rings. The van der Waals surface area contributed by atoms with Crippen LogP contribution in [0.4, 0.5) is 0 Å². The lowest BCUT2D eigenvalue weighted by Crippen LogP contribution is -3.00. The van der Waals surface area contributed by atoms with Gasteiger partial charge in [0.25, 0.3) is 0 Å². The maximum Gasteiger partial charge on any atom is 0.0815 e. The topological polar surface area (TPSA) is 3.24 Å². The first-order chi connectivity index (χ1) is 8.82. The Morgan fingerprint density at radius 1 is 0.864 bits per heavy atom. The molecule has 4 heteroatoms. The quantitative estimate of drug-likeness (QED) is 0.652. The molecule has 0 bridgehead atoms. The van der Waals surface area contributed by atoms with Crippen LogP contribution in [0.25, 0.3) is 0 Å². The molecule has 0 aromatic heterocycles. The minimum Gasteiger partial charge on any atom is -1.00 e. The van der Waals surface area contributed by atoms with Crippen LogP contribution in [0.5, 0.6) is 0 Å². The van der Waals surface area contributed by atoms with Crippen molar-refractivity contribution < 1.29 is 21.4 Å². The van der Waals surface area contributed by atoms with Gasteiger partial charge in [-0.2, -0.15) is 0 Å². The lowest BCUT2D eigenvalue weighted by Gasteiger charge is -2.23. The molecule has 1 rings (SSSR count). The summed E-state index contributed by atoms with van der Waals surface area (Å²) in [6.07, 6.45) is 2.75. The Balaban J connectivity index is -0.000000126. The van der Waals surface area contributed by atoms with Gasteiger partial charge in [0.2, 0.25) is 0 Å². The third-order valence-electron chi connectivity index (χ3n) is 3.17.